The van der Waals surface area contributed by atoms with Gasteiger partial charge in [-0.15, -0.1) is 10.2 Å². The molecule has 2 heterocycles. The molecule has 174 valence electrons. The topological polar surface area (TPSA) is 92.3 Å². The van der Waals surface area contributed by atoms with Crippen LogP contribution in [0.15, 0.2) is 51.7 Å². The van der Waals surface area contributed by atoms with Gasteiger partial charge in [-0.2, -0.15) is 4.31 Å². The Labute approximate surface area is 202 Å². The molecule has 0 saturated carbocycles. The molecule has 0 bridgehead atoms. The lowest BCUT2D eigenvalue weighted by atomic mass is 10.1. The first-order valence-electron chi connectivity index (χ1n) is 10.8. The van der Waals surface area contributed by atoms with Gasteiger partial charge in [0.2, 0.25) is 15.2 Å². The number of rotatable bonds is 7. The number of carbonyl (C=O) groups excluding carboxylic acids is 1. The number of sulfonamides is 1. The fourth-order valence-corrected chi connectivity index (χ4v) is 6.94. The molecular formula is C23H26N4O3S3. The standard InChI is InChI=1S/C23H26N4O3S3/c1-16-6-7-17(2)19(14-16)15-31-23-26-25-22(32-23)24-21(28)18-8-10-20(11-9-18)33(29,30)27-12-4-3-5-13-27/h6-11,14H,3-5,12-13,15H2,1-2H3,(H,24,25,28). The summed E-state index contributed by atoms with van der Waals surface area (Å²) < 4.78 is 27.8. The zero-order valence-corrected chi connectivity index (χ0v) is 21.0. The number of nitrogens with one attached hydrogen (secondary N) is 1. The second-order valence-corrected chi connectivity index (χ2v) is 12.2. The number of amides is 1. The first-order valence-corrected chi connectivity index (χ1v) is 14.0. The molecule has 1 fully saturated rings. The third-order valence-corrected chi connectivity index (χ3v) is 9.49. The van der Waals surface area contributed by atoms with Crippen molar-refractivity contribution >= 4 is 44.2 Å². The van der Waals surface area contributed by atoms with Crippen LogP contribution >= 0.6 is 23.1 Å². The molecule has 4 rings (SSSR count). The molecular weight excluding hydrogens is 476 g/mol. The van der Waals surface area contributed by atoms with Gasteiger partial charge in [-0.3, -0.25) is 10.1 Å². The Kier molecular flexibility index (Phi) is 7.48. The summed E-state index contributed by atoms with van der Waals surface area (Å²) in [4.78, 5) is 12.8. The largest absolute Gasteiger partial charge is 0.296 e. The molecule has 0 radical (unpaired) electrons. The van der Waals surface area contributed by atoms with Crippen LogP contribution in [0.4, 0.5) is 5.13 Å². The number of thioether (sulfide) groups is 1. The maximum absolute atomic E-state index is 12.8. The van der Waals surface area contributed by atoms with E-state index < -0.39 is 10.0 Å². The van der Waals surface area contributed by atoms with Crippen LogP contribution in [-0.2, 0) is 15.8 Å². The summed E-state index contributed by atoms with van der Waals surface area (Å²) in [6.07, 6.45) is 2.82. The van der Waals surface area contributed by atoms with Gasteiger partial charge in [-0.1, -0.05) is 53.3 Å². The lowest BCUT2D eigenvalue weighted by molar-refractivity contribution is 0.102. The number of anilines is 1. The molecule has 3 aromatic rings. The second kappa shape index (κ2) is 10.3. The Hall–Kier alpha value is -2.27. The third kappa shape index (κ3) is 5.81. The molecule has 33 heavy (non-hydrogen) atoms. The van der Waals surface area contributed by atoms with Crippen LogP contribution in [0.3, 0.4) is 0 Å². The van der Waals surface area contributed by atoms with Crippen LogP contribution in [0.2, 0.25) is 0 Å². The third-order valence-electron chi connectivity index (χ3n) is 5.55. The van der Waals surface area contributed by atoms with Crippen LogP contribution in [0.5, 0.6) is 0 Å². The van der Waals surface area contributed by atoms with Crippen LogP contribution in [0.25, 0.3) is 0 Å². The minimum absolute atomic E-state index is 0.210. The van der Waals surface area contributed by atoms with Gasteiger partial charge in [0.05, 0.1) is 4.90 Å². The molecule has 1 N–H and O–H groups in total. The number of carbonyl (C=O) groups is 1. The van der Waals surface area contributed by atoms with Crippen LogP contribution in [-0.4, -0.2) is 41.9 Å². The van der Waals surface area contributed by atoms with Crippen molar-refractivity contribution in [3.05, 3.63) is 64.7 Å². The molecule has 1 aliphatic rings. The maximum Gasteiger partial charge on any atom is 0.257 e. The minimum Gasteiger partial charge on any atom is -0.296 e. The predicted molar refractivity (Wildman–Crippen MR) is 132 cm³/mol. The second-order valence-electron chi connectivity index (χ2n) is 8.03. The van der Waals surface area contributed by atoms with E-state index >= 15 is 0 Å². The smallest absolute Gasteiger partial charge is 0.257 e. The van der Waals surface area contributed by atoms with E-state index in [1.165, 1.54) is 56.6 Å². The molecule has 2 aromatic carbocycles. The van der Waals surface area contributed by atoms with Crippen LogP contribution in [0.1, 0.15) is 46.3 Å². The number of hydrogen-bond donors (Lipinski definition) is 1. The average molecular weight is 503 g/mol. The highest BCUT2D eigenvalue weighted by molar-refractivity contribution is 8.00. The molecule has 1 saturated heterocycles. The van der Waals surface area contributed by atoms with Gasteiger partial charge in [-0.05, 0) is 62.1 Å². The van der Waals surface area contributed by atoms with E-state index in [9.17, 15) is 13.2 Å². The monoisotopic (exact) mass is 502 g/mol. The number of piperidine rings is 1. The first-order chi connectivity index (χ1) is 15.8. The van der Waals surface area contributed by atoms with E-state index in [2.05, 4.69) is 47.6 Å². The number of aryl methyl sites for hydroxylation is 2. The SMILES string of the molecule is Cc1ccc(C)c(CSc2nnc(NC(=O)c3ccc(S(=O)(=O)N4CCCCC4)cc3)s2)c1. The van der Waals surface area contributed by atoms with Gasteiger partial charge in [0.15, 0.2) is 4.34 Å². The van der Waals surface area contributed by atoms with Crippen LogP contribution < -0.4 is 5.32 Å². The maximum atomic E-state index is 12.8. The van der Waals surface area contributed by atoms with Crippen molar-refractivity contribution in [1.82, 2.24) is 14.5 Å². The van der Waals surface area contributed by atoms with E-state index in [4.69, 9.17) is 0 Å². The van der Waals surface area contributed by atoms with Gasteiger partial charge in [-0.25, -0.2) is 8.42 Å². The van der Waals surface area contributed by atoms with Crippen molar-refractivity contribution in [2.75, 3.05) is 18.4 Å². The highest BCUT2D eigenvalue weighted by atomic mass is 32.2. The van der Waals surface area contributed by atoms with Crippen molar-refractivity contribution < 1.29 is 13.2 Å². The molecule has 0 atom stereocenters. The Morgan fingerprint density at radius 1 is 1.06 bits per heavy atom. The average Bonchev–Trinajstić information content (AvgIpc) is 3.27. The van der Waals surface area contributed by atoms with Crippen molar-refractivity contribution in [3.8, 4) is 0 Å². The number of aromatic nitrogens is 2. The van der Waals surface area contributed by atoms with Gasteiger partial charge < -0.3 is 0 Å². The van der Waals surface area contributed by atoms with E-state index in [-0.39, 0.29) is 10.8 Å². The summed E-state index contributed by atoms with van der Waals surface area (Å²) in [7, 11) is -3.52. The quantitative estimate of drug-likeness (QED) is 0.366. The Bertz CT molecular complexity index is 1230. The summed E-state index contributed by atoms with van der Waals surface area (Å²) in [5.41, 5.74) is 4.07. The lowest BCUT2D eigenvalue weighted by Gasteiger charge is -2.25. The molecule has 0 aliphatic carbocycles. The van der Waals surface area contributed by atoms with E-state index in [0.717, 1.165) is 29.4 Å². The van der Waals surface area contributed by atoms with Gasteiger partial charge >= 0.3 is 0 Å². The summed E-state index contributed by atoms with van der Waals surface area (Å²) in [6, 6.07) is 12.4. The summed E-state index contributed by atoms with van der Waals surface area (Å²) in [5.74, 6) is 0.433. The summed E-state index contributed by atoms with van der Waals surface area (Å²) in [5, 5.41) is 11.4. The molecule has 1 amide bonds. The highest BCUT2D eigenvalue weighted by Gasteiger charge is 2.26. The molecule has 0 unspecified atom stereocenters. The van der Waals surface area contributed by atoms with E-state index in [0.29, 0.717) is 23.8 Å². The fraction of sp³-hybridized carbons (Fsp3) is 0.348. The van der Waals surface area contributed by atoms with Crippen LogP contribution in [0, 0.1) is 13.8 Å². The lowest BCUT2D eigenvalue weighted by Crippen LogP contribution is -2.35. The number of hydrogen-bond acceptors (Lipinski definition) is 7. The Morgan fingerprint density at radius 2 is 1.79 bits per heavy atom. The molecule has 1 aliphatic heterocycles. The normalized spacial score (nSPS) is 14.8. The zero-order chi connectivity index (χ0) is 23.4. The van der Waals surface area contributed by atoms with Crippen molar-refractivity contribution in [2.24, 2.45) is 0 Å². The van der Waals surface area contributed by atoms with E-state index in [1.807, 2.05) is 0 Å². The fourth-order valence-electron chi connectivity index (χ4n) is 3.62. The van der Waals surface area contributed by atoms with Crippen molar-refractivity contribution in [1.29, 1.82) is 0 Å². The van der Waals surface area contributed by atoms with E-state index in [1.54, 1.807) is 11.8 Å². The minimum atomic E-state index is -3.52. The van der Waals surface area contributed by atoms with Gasteiger partial charge in [0, 0.05) is 24.4 Å². The molecule has 1 aromatic heterocycles. The Balaban J connectivity index is 1.36. The Morgan fingerprint density at radius 3 is 2.52 bits per heavy atom. The predicted octanol–water partition coefficient (Wildman–Crippen LogP) is 4.87. The van der Waals surface area contributed by atoms with Gasteiger partial charge in [0.25, 0.3) is 5.91 Å². The number of nitrogens with zero attached hydrogens (tertiary/aromatic N) is 3. The molecule has 10 heteroatoms. The molecule has 7 nitrogen and oxygen atoms in total. The first kappa shape index (κ1) is 23.9. The number of benzene rings is 2. The van der Waals surface area contributed by atoms with Crippen molar-refractivity contribution in [3.63, 3.8) is 0 Å². The highest BCUT2D eigenvalue weighted by Crippen LogP contribution is 2.30. The summed E-state index contributed by atoms with van der Waals surface area (Å²) in [6.45, 7) is 5.25. The van der Waals surface area contributed by atoms with Gasteiger partial charge in [0.1, 0.15) is 0 Å². The summed E-state index contributed by atoms with van der Waals surface area (Å²) >= 11 is 2.90. The zero-order valence-electron chi connectivity index (χ0n) is 18.6. The van der Waals surface area contributed by atoms with Crippen molar-refractivity contribution in [2.45, 2.75) is 48.1 Å². The molecule has 0 spiro atoms.